The summed E-state index contributed by atoms with van der Waals surface area (Å²) in [4.78, 5) is 0. The Morgan fingerprint density at radius 3 is 2.81 bits per heavy atom. The number of nitrogens with one attached hydrogen (secondary N) is 1. The second-order valence-electron chi connectivity index (χ2n) is 4.35. The number of hydrogen-bond donors (Lipinski definition) is 1. The molecule has 86 valence electrons. The van der Waals surface area contributed by atoms with Gasteiger partial charge in [-0.3, -0.25) is 14.5 Å². The van der Waals surface area contributed by atoms with E-state index >= 15 is 0 Å². The molecule has 0 radical (unpaired) electrons. The van der Waals surface area contributed by atoms with Crippen molar-refractivity contribution in [1.29, 1.82) is 0 Å². The van der Waals surface area contributed by atoms with Crippen LogP contribution in [0.4, 0.5) is 0 Å². The van der Waals surface area contributed by atoms with Gasteiger partial charge in [-0.1, -0.05) is 26.1 Å². The summed E-state index contributed by atoms with van der Waals surface area (Å²) in [6.45, 7) is 5.26. The van der Waals surface area contributed by atoms with Gasteiger partial charge in [0.15, 0.2) is 0 Å². The topological polar surface area (TPSA) is 38.5 Å². The molecule has 1 N–H and O–H groups in total. The fourth-order valence-corrected chi connectivity index (χ4v) is 1.94. The Morgan fingerprint density at radius 1 is 1.50 bits per heavy atom. The van der Waals surface area contributed by atoms with E-state index in [9.17, 15) is 0 Å². The lowest BCUT2D eigenvalue weighted by atomic mass is 10.2. The van der Waals surface area contributed by atoms with E-state index in [1.54, 1.807) is 6.20 Å². The number of rotatable bonds is 3. The smallest absolute Gasteiger partial charge is 0.122 e. The minimum Gasteiger partial charge on any atom is -0.295 e. The number of H-pyrrole nitrogens is 1. The van der Waals surface area contributed by atoms with Crippen molar-refractivity contribution in [3.05, 3.63) is 23.0 Å². The molecule has 0 aliphatic rings. The van der Waals surface area contributed by atoms with Crippen molar-refractivity contribution in [3.63, 3.8) is 0 Å². The minimum absolute atomic E-state index is 0.574. The quantitative estimate of drug-likeness (QED) is 0.832. The Bertz CT molecular complexity index is 532. The molecular weight excluding hydrogens is 220 g/mol. The molecule has 0 saturated carbocycles. The molecule has 0 bridgehead atoms. The van der Waals surface area contributed by atoms with Gasteiger partial charge in [-0.15, -0.1) is 0 Å². The van der Waals surface area contributed by atoms with Gasteiger partial charge >= 0.3 is 0 Å². The highest BCUT2D eigenvalue weighted by atomic mass is 32.1. The fourth-order valence-electron chi connectivity index (χ4n) is 1.70. The first-order chi connectivity index (χ1) is 7.58. The van der Waals surface area contributed by atoms with Crippen molar-refractivity contribution in [2.24, 2.45) is 13.0 Å². The van der Waals surface area contributed by atoms with Crippen molar-refractivity contribution in [3.8, 4) is 11.4 Å². The maximum Gasteiger partial charge on any atom is 0.122 e. The van der Waals surface area contributed by atoms with Crippen molar-refractivity contribution in [2.75, 3.05) is 0 Å². The predicted octanol–water partition coefficient (Wildman–Crippen LogP) is 2.60. The Labute approximate surface area is 99.9 Å². The molecule has 0 atom stereocenters. The third-order valence-electron chi connectivity index (χ3n) is 2.43. The second kappa shape index (κ2) is 4.25. The third-order valence-corrected chi connectivity index (χ3v) is 2.77. The van der Waals surface area contributed by atoms with E-state index in [0.717, 1.165) is 22.6 Å². The van der Waals surface area contributed by atoms with E-state index in [4.69, 9.17) is 12.2 Å². The number of nitrogens with zero attached hydrogens (tertiary/aromatic N) is 3. The monoisotopic (exact) mass is 236 g/mol. The SMILES string of the molecule is CC(C)Cn1[nH]c(-c2ccnn2C)cc1=S. The van der Waals surface area contributed by atoms with Gasteiger partial charge in [-0.2, -0.15) is 5.10 Å². The summed E-state index contributed by atoms with van der Waals surface area (Å²) >= 11 is 5.31. The van der Waals surface area contributed by atoms with Crippen molar-refractivity contribution >= 4 is 12.2 Å². The molecule has 2 heterocycles. The van der Waals surface area contributed by atoms with Crippen LogP contribution < -0.4 is 0 Å². The summed E-state index contributed by atoms with van der Waals surface area (Å²) in [6, 6.07) is 3.95. The van der Waals surface area contributed by atoms with Crippen LogP contribution in [-0.2, 0) is 13.6 Å². The highest BCUT2D eigenvalue weighted by Crippen LogP contribution is 2.16. The van der Waals surface area contributed by atoms with Gasteiger partial charge in [0.1, 0.15) is 4.64 Å². The Morgan fingerprint density at radius 2 is 2.25 bits per heavy atom. The van der Waals surface area contributed by atoms with Gasteiger partial charge in [0, 0.05) is 25.9 Å². The van der Waals surface area contributed by atoms with Gasteiger partial charge in [0.2, 0.25) is 0 Å². The molecule has 0 aliphatic carbocycles. The molecular formula is C11H16N4S. The summed E-state index contributed by atoms with van der Waals surface area (Å²) in [6.07, 6.45) is 1.78. The standard InChI is InChI=1S/C11H16N4S/c1-8(2)7-15-11(16)6-9(13-15)10-4-5-12-14(10)3/h4-6,8,13H,7H2,1-3H3. The normalized spacial score (nSPS) is 11.2. The first-order valence-corrected chi connectivity index (χ1v) is 5.77. The Hall–Kier alpha value is -1.36. The zero-order valence-corrected chi connectivity index (χ0v) is 10.6. The predicted molar refractivity (Wildman–Crippen MR) is 66.7 cm³/mol. The number of aromatic nitrogens is 4. The van der Waals surface area contributed by atoms with Crippen LogP contribution in [0.1, 0.15) is 13.8 Å². The van der Waals surface area contributed by atoms with E-state index in [1.807, 2.05) is 28.5 Å². The van der Waals surface area contributed by atoms with E-state index in [1.165, 1.54) is 0 Å². The average molecular weight is 236 g/mol. The summed E-state index contributed by atoms with van der Waals surface area (Å²) in [5, 5.41) is 7.45. The molecule has 0 saturated heterocycles. The molecule has 4 nitrogen and oxygen atoms in total. The maximum atomic E-state index is 5.31. The molecule has 5 heteroatoms. The summed E-state index contributed by atoms with van der Waals surface area (Å²) in [5.41, 5.74) is 2.07. The van der Waals surface area contributed by atoms with Crippen LogP contribution in [0.3, 0.4) is 0 Å². The van der Waals surface area contributed by atoms with Crippen molar-refractivity contribution in [2.45, 2.75) is 20.4 Å². The van der Waals surface area contributed by atoms with Crippen LogP contribution in [0, 0.1) is 10.6 Å². The van der Waals surface area contributed by atoms with E-state index in [2.05, 4.69) is 24.0 Å². The van der Waals surface area contributed by atoms with E-state index in [-0.39, 0.29) is 0 Å². The van der Waals surface area contributed by atoms with Gasteiger partial charge in [0.05, 0.1) is 11.4 Å². The molecule has 0 spiro atoms. The van der Waals surface area contributed by atoms with Gasteiger partial charge < -0.3 is 0 Å². The van der Waals surface area contributed by atoms with Crippen LogP contribution >= 0.6 is 12.2 Å². The lowest BCUT2D eigenvalue weighted by Gasteiger charge is -2.05. The molecule has 0 aliphatic heterocycles. The van der Waals surface area contributed by atoms with E-state index < -0.39 is 0 Å². The second-order valence-corrected chi connectivity index (χ2v) is 4.77. The highest BCUT2D eigenvalue weighted by molar-refractivity contribution is 7.71. The Kier molecular flexibility index (Phi) is 2.96. The van der Waals surface area contributed by atoms with Crippen LogP contribution in [0.2, 0.25) is 0 Å². The molecule has 2 rings (SSSR count). The van der Waals surface area contributed by atoms with Gasteiger partial charge in [0.25, 0.3) is 0 Å². The summed E-state index contributed by atoms with van der Waals surface area (Å²) in [5.74, 6) is 0.574. The van der Waals surface area contributed by atoms with Crippen LogP contribution in [0.25, 0.3) is 11.4 Å². The summed E-state index contributed by atoms with van der Waals surface area (Å²) < 4.78 is 4.67. The van der Waals surface area contributed by atoms with Gasteiger partial charge in [-0.25, -0.2) is 0 Å². The third kappa shape index (κ3) is 2.09. The zero-order valence-electron chi connectivity index (χ0n) is 9.77. The van der Waals surface area contributed by atoms with Gasteiger partial charge in [-0.05, 0) is 12.0 Å². The largest absolute Gasteiger partial charge is 0.295 e. The lowest BCUT2D eigenvalue weighted by Crippen LogP contribution is -2.06. The minimum atomic E-state index is 0.574. The molecule has 16 heavy (non-hydrogen) atoms. The highest BCUT2D eigenvalue weighted by Gasteiger charge is 2.07. The molecule has 0 aromatic carbocycles. The van der Waals surface area contributed by atoms with E-state index in [0.29, 0.717) is 5.92 Å². The number of aromatic amines is 1. The fraction of sp³-hybridized carbons (Fsp3) is 0.455. The zero-order chi connectivity index (χ0) is 11.7. The maximum absolute atomic E-state index is 5.31. The first kappa shape index (κ1) is 11.1. The van der Waals surface area contributed by atoms with Crippen LogP contribution in [-0.4, -0.2) is 19.6 Å². The average Bonchev–Trinajstić information content (AvgIpc) is 2.73. The lowest BCUT2D eigenvalue weighted by molar-refractivity contribution is 0.480. The number of aryl methyl sites for hydroxylation is 1. The molecule has 0 fully saturated rings. The molecule has 2 aromatic rings. The van der Waals surface area contributed by atoms with Crippen LogP contribution in [0.5, 0.6) is 0 Å². The van der Waals surface area contributed by atoms with Crippen molar-refractivity contribution < 1.29 is 0 Å². The number of hydrogen-bond acceptors (Lipinski definition) is 2. The molecule has 2 aromatic heterocycles. The summed E-state index contributed by atoms with van der Waals surface area (Å²) in [7, 11) is 1.92. The molecule has 0 unspecified atom stereocenters. The Balaban J connectivity index is 2.38. The first-order valence-electron chi connectivity index (χ1n) is 5.36. The van der Waals surface area contributed by atoms with Crippen LogP contribution in [0.15, 0.2) is 18.3 Å². The molecule has 0 amide bonds. The van der Waals surface area contributed by atoms with Crippen molar-refractivity contribution in [1.82, 2.24) is 19.6 Å².